The molecule has 0 unspecified atom stereocenters. The molecule has 0 atom stereocenters. The number of rotatable bonds is 5. The van der Waals surface area contributed by atoms with E-state index < -0.39 is 0 Å². The molecule has 0 fully saturated rings. The Labute approximate surface area is 155 Å². The maximum atomic E-state index is 12.4. The summed E-state index contributed by atoms with van der Waals surface area (Å²) in [6.07, 6.45) is 0.233. The lowest BCUT2D eigenvalue weighted by Crippen LogP contribution is -2.15. The fourth-order valence-electron chi connectivity index (χ4n) is 2.71. The Morgan fingerprint density at radius 3 is 2.42 bits per heavy atom. The van der Waals surface area contributed by atoms with E-state index in [1.165, 1.54) is 18.3 Å². The highest BCUT2D eigenvalue weighted by atomic mass is 32.1. The van der Waals surface area contributed by atoms with E-state index in [1.54, 1.807) is 28.9 Å². The number of hydrogen-bond acceptors (Lipinski definition) is 5. The number of nitrogens with zero attached hydrogens (tertiary/aromatic N) is 3. The van der Waals surface area contributed by atoms with Crippen LogP contribution in [0, 0.1) is 20.8 Å². The number of carbonyl (C=O) groups is 2. The Hall–Kier alpha value is -2.80. The lowest BCUT2D eigenvalue weighted by atomic mass is 10.1. The zero-order valence-corrected chi connectivity index (χ0v) is 16.0. The average Bonchev–Trinajstić information content (AvgIpc) is 3.13. The molecule has 2 aromatic heterocycles. The first-order valence-corrected chi connectivity index (χ1v) is 9.11. The van der Waals surface area contributed by atoms with E-state index >= 15 is 0 Å². The summed E-state index contributed by atoms with van der Waals surface area (Å²) in [7, 11) is 0. The highest BCUT2D eigenvalue weighted by Gasteiger charge is 2.17. The van der Waals surface area contributed by atoms with E-state index in [9.17, 15) is 9.59 Å². The number of aromatic nitrogens is 3. The van der Waals surface area contributed by atoms with Crippen molar-refractivity contribution < 1.29 is 9.59 Å². The zero-order chi connectivity index (χ0) is 18.8. The standard InChI is InChI=1S/C19H20N4O2S/c1-11-10-26-19(20-11)23-13(3)17(12(2)22-23)9-18(25)21-16-7-5-15(6-8-16)14(4)24/h5-8,10H,9H2,1-4H3,(H,21,25). The summed E-state index contributed by atoms with van der Waals surface area (Å²) >= 11 is 1.53. The SMILES string of the molecule is CC(=O)c1ccc(NC(=O)Cc2c(C)nn(-c3nc(C)cs3)c2C)cc1. The van der Waals surface area contributed by atoms with Crippen LogP contribution in [0.2, 0.25) is 0 Å². The van der Waals surface area contributed by atoms with Gasteiger partial charge in [-0.25, -0.2) is 9.67 Å². The summed E-state index contributed by atoms with van der Waals surface area (Å²) in [6, 6.07) is 6.88. The third-order valence-electron chi connectivity index (χ3n) is 4.14. The number of aryl methyl sites for hydroxylation is 2. The van der Waals surface area contributed by atoms with Crippen LogP contribution in [0.4, 0.5) is 5.69 Å². The van der Waals surface area contributed by atoms with Gasteiger partial charge in [0.25, 0.3) is 0 Å². The minimum atomic E-state index is -0.123. The van der Waals surface area contributed by atoms with Gasteiger partial charge in [-0.15, -0.1) is 11.3 Å². The van der Waals surface area contributed by atoms with Crippen molar-refractivity contribution in [1.29, 1.82) is 0 Å². The van der Waals surface area contributed by atoms with Crippen molar-refractivity contribution >= 4 is 28.7 Å². The largest absolute Gasteiger partial charge is 0.326 e. The second-order valence-corrected chi connectivity index (χ2v) is 7.03. The normalized spacial score (nSPS) is 10.8. The molecule has 1 amide bonds. The molecule has 6 nitrogen and oxygen atoms in total. The number of amides is 1. The summed E-state index contributed by atoms with van der Waals surface area (Å²) < 4.78 is 1.79. The van der Waals surface area contributed by atoms with Crippen molar-refractivity contribution in [2.45, 2.75) is 34.1 Å². The third-order valence-corrected chi connectivity index (χ3v) is 5.08. The molecule has 0 bridgehead atoms. The van der Waals surface area contributed by atoms with Gasteiger partial charge in [0.1, 0.15) is 0 Å². The zero-order valence-electron chi connectivity index (χ0n) is 15.2. The number of benzene rings is 1. The molecule has 26 heavy (non-hydrogen) atoms. The van der Waals surface area contributed by atoms with E-state index in [0.717, 1.165) is 27.8 Å². The molecule has 134 valence electrons. The van der Waals surface area contributed by atoms with Gasteiger partial charge in [-0.2, -0.15) is 5.10 Å². The van der Waals surface area contributed by atoms with Gasteiger partial charge in [0, 0.05) is 27.9 Å². The van der Waals surface area contributed by atoms with Crippen LogP contribution >= 0.6 is 11.3 Å². The van der Waals surface area contributed by atoms with Crippen LogP contribution in [-0.4, -0.2) is 26.5 Å². The average molecular weight is 368 g/mol. The number of anilines is 1. The van der Waals surface area contributed by atoms with Gasteiger partial charge >= 0.3 is 0 Å². The Balaban J connectivity index is 1.75. The Morgan fingerprint density at radius 2 is 1.85 bits per heavy atom. The van der Waals surface area contributed by atoms with Crippen LogP contribution in [0.15, 0.2) is 29.6 Å². The van der Waals surface area contributed by atoms with Gasteiger partial charge in [0.2, 0.25) is 11.0 Å². The van der Waals surface area contributed by atoms with Gasteiger partial charge < -0.3 is 5.32 Å². The van der Waals surface area contributed by atoms with Gasteiger partial charge in [-0.1, -0.05) is 0 Å². The third kappa shape index (κ3) is 3.72. The predicted molar refractivity (Wildman–Crippen MR) is 102 cm³/mol. The summed E-state index contributed by atoms with van der Waals surface area (Å²) in [4.78, 5) is 28.2. The molecule has 0 saturated heterocycles. The number of nitrogens with one attached hydrogen (secondary N) is 1. The van der Waals surface area contributed by atoms with Crippen molar-refractivity contribution in [2.24, 2.45) is 0 Å². The van der Waals surface area contributed by atoms with E-state index in [2.05, 4.69) is 15.4 Å². The van der Waals surface area contributed by atoms with Crippen LogP contribution < -0.4 is 5.32 Å². The Bertz CT molecular complexity index is 970. The van der Waals surface area contributed by atoms with Crippen molar-refractivity contribution in [1.82, 2.24) is 14.8 Å². The molecule has 0 aliphatic carbocycles. The molecular weight excluding hydrogens is 348 g/mol. The first-order chi connectivity index (χ1) is 12.3. The lowest BCUT2D eigenvalue weighted by molar-refractivity contribution is -0.115. The van der Waals surface area contributed by atoms with E-state index in [4.69, 9.17) is 0 Å². The fourth-order valence-corrected chi connectivity index (χ4v) is 3.51. The second-order valence-electron chi connectivity index (χ2n) is 6.19. The molecule has 1 aromatic carbocycles. The van der Waals surface area contributed by atoms with Gasteiger partial charge in [-0.3, -0.25) is 9.59 Å². The van der Waals surface area contributed by atoms with E-state index in [0.29, 0.717) is 11.3 Å². The molecule has 3 rings (SSSR count). The summed E-state index contributed by atoms with van der Waals surface area (Å²) in [5, 5.41) is 10.2. The van der Waals surface area contributed by atoms with Crippen LogP contribution in [0.25, 0.3) is 5.13 Å². The fraction of sp³-hybridized carbons (Fsp3) is 0.263. The molecular formula is C19H20N4O2S. The lowest BCUT2D eigenvalue weighted by Gasteiger charge is -2.06. The Morgan fingerprint density at radius 1 is 1.15 bits per heavy atom. The molecule has 0 radical (unpaired) electrons. The quantitative estimate of drug-likeness (QED) is 0.698. The summed E-state index contributed by atoms with van der Waals surface area (Å²) in [5.74, 6) is -0.124. The summed E-state index contributed by atoms with van der Waals surface area (Å²) in [5.41, 5.74) is 4.87. The summed E-state index contributed by atoms with van der Waals surface area (Å²) in [6.45, 7) is 7.30. The minimum Gasteiger partial charge on any atom is -0.326 e. The van der Waals surface area contributed by atoms with Gasteiger partial charge in [0.05, 0.1) is 17.8 Å². The molecule has 0 aliphatic rings. The molecule has 1 N–H and O–H groups in total. The monoisotopic (exact) mass is 368 g/mol. The molecule has 0 spiro atoms. The number of hydrogen-bond donors (Lipinski definition) is 1. The van der Waals surface area contributed by atoms with E-state index in [-0.39, 0.29) is 18.1 Å². The number of carbonyl (C=O) groups excluding carboxylic acids is 2. The number of ketones is 1. The first-order valence-electron chi connectivity index (χ1n) is 8.23. The predicted octanol–water partition coefficient (Wildman–Crippen LogP) is 3.64. The molecule has 7 heteroatoms. The molecule has 0 saturated carbocycles. The highest BCUT2D eigenvalue weighted by molar-refractivity contribution is 7.12. The Kier molecular flexibility index (Phi) is 4.99. The minimum absolute atomic E-state index is 0.000960. The van der Waals surface area contributed by atoms with Crippen LogP contribution in [-0.2, 0) is 11.2 Å². The van der Waals surface area contributed by atoms with Crippen molar-refractivity contribution in [3.8, 4) is 5.13 Å². The maximum absolute atomic E-state index is 12.4. The van der Waals surface area contributed by atoms with E-state index in [1.807, 2.05) is 26.2 Å². The maximum Gasteiger partial charge on any atom is 0.228 e. The van der Waals surface area contributed by atoms with Crippen LogP contribution in [0.5, 0.6) is 0 Å². The first kappa shape index (κ1) is 18.0. The second kappa shape index (κ2) is 7.21. The highest BCUT2D eigenvalue weighted by Crippen LogP contribution is 2.21. The van der Waals surface area contributed by atoms with Crippen LogP contribution in [0.1, 0.15) is 39.9 Å². The number of Topliss-reactive ketones (excluding diaryl/α,β-unsaturated/α-hetero) is 1. The van der Waals surface area contributed by atoms with Crippen molar-refractivity contribution in [2.75, 3.05) is 5.32 Å². The van der Waals surface area contributed by atoms with Crippen molar-refractivity contribution in [3.63, 3.8) is 0 Å². The molecule has 2 heterocycles. The van der Waals surface area contributed by atoms with Gasteiger partial charge in [-0.05, 0) is 52.0 Å². The molecule has 3 aromatic rings. The molecule has 0 aliphatic heterocycles. The van der Waals surface area contributed by atoms with Gasteiger partial charge in [0.15, 0.2) is 5.78 Å². The van der Waals surface area contributed by atoms with Crippen molar-refractivity contribution in [3.05, 3.63) is 57.9 Å². The number of thiazole rings is 1. The smallest absolute Gasteiger partial charge is 0.228 e. The topological polar surface area (TPSA) is 76.9 Å². The van der Waals surface area contributed by atoms with Crippen LogP contribution in [0.3, 0.4) is 0 Å².